The van der Waals surface area contributed by atoms with Crippen molar-refractivity contribution < 1.29 is 33.7 Å². The van der Waals surface area contributed by atoms with Crippen LogP contribution in [0.1, 0.15) is 12.8 Å². The van der Waals surface area contributed by atoms with Gasteiger partial charge in [0.2, 0.25) is 5.91 Å². The number of phenolic OH excluding ortho intramolecular Hbond substituents is 1. The van der Waals surface area contributed by atoms with Crippen LogP contribution in [-0.4, -0.2) is 58.3 Å². The van der Waals surface area contributed by atoms with Gasteiger partial charge >= 0.3 is 6.09 Å². The van der Waals surface area contributed by atoms with E-state index in [1.807, 2.05) is 0 Å². The summed E-state index contributed by atoms with van der Waals surface area (Å²) in [6.07, 6.45) is -0.862. The third-order valence-corrected chi connectivity index (χ3v) is 5.52. The number of amides is 3. The van der Waals surface area contributed by atoms with Crippen molar-refractivity contribution in [3.8, 4) is 11.5 Å². The first-order chi connectivity index (χ1) is 15.6. The molecule has 2 aromatic rings. The van der Waals surface area contributed by atoms with Crippen LogP contribution >= 0.6 is 23.2 Å². The molecule has 0 aromatic heterocycles. The van der Waals surface area contributed by atoms with Crippen molar-refractivity contribution in [2.45, 2.75) is 24.9 Å². The van der Waals surface area contributed by atoms with E-state index in [2.05, 4.69) is 10.6 Å². The van der Waals surface area contributed by atoms with Crippen LogP contribution in [0.15, 0.2) is 36.4 Å². The topological polar surface area (TPSA) is 128 Å². The fraction of sp³-hybridized carbons (Fsp3) is 0.286. The maximum absolute atomic E-state index is 13.4. The molecule has 0 aliphatic carbocycles. The van der Waals surface area contributed by atoms with E-state index in [-0.39, 0.29) is 40.2 Å². The number of carbonyl (C=O) groups is 3. The molecule has 0 saturated carbocycles. The fourth-order valence-corrected chi connectivity index (χ4v) is 3.67. The summed E-state index contributed by atoms with van der Waals surface area (Å²) < 4.78 is 18.7. The van der Waals surface area contributed by atoms with E-state index in [1.54, 1.807) is 0 Å². The lowest BCUT2D eigenvalue weighted by Crippen LogP contribution is -2.57. The number of aromatic hydroxyl groups is 1. The van der Waals surface area contributed by atoms with Gasteiger partial charge in [-0.05, 0) is 37.1 Å². The van der Waals surface area contributed by atoms with Crippen LogP contribution in [0.5, 0.6) is 11.5 Å². The molecule has 0 radical (unpaired) electrons. The highest BCUT2D eigenvalue weighted by Crippen LogP contribution is 2.28. The highest BCUT2D eigenvalue weighted by molar-refractivity contribution is 6.31. The summed E-state index contributed by atoms with van der Waals surface area (Å²) in [5, 5.41) is 24.8. The second-order valence-electron chi connectivity index (χ2n) is 7.31. The highest BCUT2D eigenvalue weighted by Gasteiger charge is 2.36. The zero-order chi connectivity index (χ0) is 24.1. The third-order valence-electron chi connectivity index (χ3n) is 4.97. The van der Waals surface area contributed by atoms with Gasteiger partial charge in [-0.15, -0.1) is 0 Å². The van der Waals surface area contributed by atoms with Gasteiger partial charge in [-0.1, -0.05) is 23.2 Å². The Morgan fingerprint density at radius 1 is 1.15 bits per heavy atom. The minimum Gasteiger partial charge on any atom is -0.506 e. The van der Waals surface area contributed by atoms with E-state index in [4.69, 9.17) is 27.9 Å². The predicted octanol–water partition coefficient (Wildman–Crippen LogP) is 3.48. The summed E-state index contributed by atoms with van der Waals surface area (Å²) in [5.74, 6) is -1.97. The van der Waals surface area contributed by atoms with Crippen LogP contribution in [0.3, 0.4) is 0 Å². The Morgan fingerprint density at radius 3 is 2.58 bits per heavy atom. The quantitative estimate of drug-likeness (QED) is 0.450. The molecule has 1 aliphatic rings. The average molecular weight is 500 g/mol. The lowest BCUT2D eigenvalue weighted by atomic mass is 9.97. The van der Waals surface area contributed by atoms with E-state index >= 15 is 0 Å². The van der Waals surface area contributed by atoms with Gasteiger partial charge in [0.25, 0.3) is 5.91 Å². The van der Waals surface area contributed by atoms with Crippen LogP contribution in [0.2, 0.25) is 10.0 Å². The molecule has 0 spiro atoms. The molecule has 9 nitrogen and oxygen atoms in total. The van der Waals surface area contributed by atoms with Gasteiger partial charge in [-0.25, -0.2) is 9.18 Å². The molecule has 1 saturated heterocycles. The molecule has 2 atom stereocenters. The van der Waals surface area contributed by atoms with Crippen LogP contribution < -0.4 is 15.4 Å². The molecule has 2 aromatic carbocycles. The average Bonchev–Trinajstić information content (AvgIpc) is 2.76. The Kier molecular flexibility index (Phi) is 7.83. The number of carboxylic acid groups (broad SMARTS) is 1. The van der Waals surface area contributed by atoms with Gasteiger partial charge in [0.05, 0.1) is 10.7 Å². The third kappa shape index (κ3) is 6.39. The second kappa shape index (κ2) is 10.6. The van der Waals surface area contributed by atoms with Crippen molar-refractivity contribution >= 4 is 46.8 Å². The summed E-state index contributed by atoms with van der Waals surface area (Å²) in [6.45, 7) is -0.536. The van der Waals surface area contributed by atoms with Gasteiger partial charge in [-0.3, -0.25) is 14.5 Å². The standard InChI is InChI=1S/C21H20Cl2FN3O6/c22-11-1-5-16(18(28)7-11)26-20(30)17-6-2-12(9-27(17)21(31)32)25-19(29)10-33-13-3-4-14(23)15(24)8-13/h1,3-5,7-8,12,17,28H,2,6,9-10H2,(H,25,29)(H,26,30)(H,31,32)/t12-,17+/m0/s1. The smallest absolute Gasteiger partial charge is 0.408 e. The number of nitrogens with one attached hydrogen (secondary N) is 2. The zero-order valence-electron chi connectivity index (χ0n) is 17.1. The van der Waals surface area contributed by atoms with E-state index in [0.717, 1.165) is 11.0 Å². The maximum Gasteiger partial charge on any atom is 0.408 e. The van der Waals surface area contributed by atoms with Gasteiger partial charge < -0.3 is 25.6 Å². The number of carbonyl (C=O) groups excluding carboxylic acids is 2. The molecule has 0 unspecified atom stereocenters. The van der Waals surface area contributed by atoms with E-state index in [0.29, 0.717) is 6.42 Å². The summed E-state index contributed by atoms with van der Waals surface area (Å²) in [7, 11) is 0. The Balaban J connectivity index is 1.56. The number of benzene rings is 2. The Bertz CT molecular complexity index is 1070. The number of hydrogen-bond donors (Lipinski definition) is 4. The fourth-order valence-electron chi connectivity index (χ4n) is 3.38. The van der Waals surface area contributed by atoms with Crippen molar-refractivity contribution in [2.24, 2.45) is 0 Å². The van der Waals surface area contributed by atoms with Gasteiger partial charge in [-0.2, -0.15) is 0 Å². The molecular formula is C21H20Cl2FN3O6. The van der Waals surface area contributed by atoms with E-state index in [9.17, 15) is 29.0 Å². The van der Waals surface area contributed by atoms with E-state index in [1.165, 1.54) is 30.3 Å². The summed E-state index contributed by atoms with van der Waals surface area (Å²) in [4.78, 5) is 37.5. The number of rotatable bonds is 6. The molecule has 1 heterocycles. The Morgan fingerprint density at radius 2 is 1.91 bits per heavy atom. The number of phenols is 1. The number of likely N-dealkylation sites (tertiary alicyclic amines) is 1. The molecule has 1 fully saturated rings. The number of halogens is 3. The van der Waals surface area contributed by atoms with Crippen molar-refractivity contribution in [2.75, 3.05) is 18.5 Å². The summed E-state index contributed by atoms with van der Waals surface area (Å²) in [6, 6.07) is 6.31. The van der Waals surface area contributed by atoms with Crippen molar-refractivity contribution in [1.29, 1.82) is 0 Å². The van der Waals surface area contributed by atoms with Gasteiger partial charge in [0.15, 0.2) is 6.61 Å². The molecule has 3 rings (SSSR count). The normalized spacial score (nSPS) is 17.8. The lowest BCUT2D eigenvalue weighted by molar-refractivity contribution is -0.125. The van der Waals surface area contributed by atoms with Gasteiger partial charge in [0, 0.05) is 29.7 Å². The first kappa shape index (κ1) is 24.4. The molecule has 0 bridgehead atoms. The van der Waals surface area contributed by atoms with Crippen LogP contribution in [-0.2, 0) is 9.59 Å². The first-order valence-corrected chi connectivity index (χ1v) is 10.6. The van der Waals surface area contributed by atoms with Crippen molar-refractivity contribution in [1.82, 2.24) is 10.2 Å². The molecular weight excluding hydrogens is 480 g/mol. The molecule has 1 aliphatic heterocycles. The maximum atomic E-state index is 13.4. The van der Waals surface area contributed by atoms with Crippen LogP contribution in [0.4, 0.5) is 14.9 Å². The van der Waals surface area contributed by atoms with Gasteiger partial charge in [0.1, 0.15) is 23.4 Å². The summed E-state index contributed by atoms with van der Waals surface area (Å²) in [5.41, 5.74) is 0.0981. The monoisotopic (exact) mass is 499 g/mol. The number of nitrogens with zero attached hydrogens (tertiary/aromatic N) is 1. The molecule has 12 heteroatoms. The predicted molar refractivity (Wildman–Crippen MR) is 118 cm³/mol. The Hall–Kier alpha value is -3.24. The minimum absolute atomic E-state index is 0.0763. The van der Waals surface area contributed by atoms with Crippen LogP contribution in [0.25, 0.3) is 0 Å². The molecule has 3 amide bonds. The number of ether oxygens (including phenoxy) is 1. The lowest BCUT2D eigenvalue weighted by Gasteiger charge is -2.37. The second-order valence-corrected chi connectivity index (χ2v) is 8.15. The van der Waals surface area contributed by atoms with Crippen molar-refractivity contribution in [3.05, 3.63) is 52.3 Å². The minimum atomic E-state index is -1.33. The van der Waals surface area contributed by atoms with Crippen molar-refractivity contribution in [3.63, 3.8) is 0 Å². The van der Waals surface area contributed by atoms with Crippen LogP contribution in [0, 0.1) is 5.82 Å². The molecule has 176 valence electrons. The SMILES string of the molecule is O=C(COc1ccc(Cl)c(F)c1)N[C@H]1CC[C@H](C(=O)Nc2ccc(Cl)cc2O)N(C(=O)O)C1. The van der Waals surface area contributed by atoms with E-state index < -0.39 is 42.4 Å². The zero-order valence-corrected chi connectivity index (χ0v) is 18.6. The Labute approximate surface area is 198 Å². The molecule has 33 heavy (non-hydrogen) atoms. The number of piperidine rings is 1. The highest BCUT2D eigenvalue weighted by atomic mass is 35.5. The number of hydrogen-bond acceptors (Lipinski definition) is 5. The molecule has 4 N–H and O–H groups in total. The first-order valence-electron chi connectivity index (χ1n) is 9.80. The largest absolute Gasteiger partial charge is 0.506 e. The summed E-state index contributed by atoms with van der Waals surface area (Å²) >= 11 is 11.4. The number of anilines is 1.